The third kappa shape index (κ3) is 1.61. The largest absolute Gasteiger partial charge is 0.379 e. The summed E-state index contributed by atoms with van der Waals surface area (Å²) in [5.74, 6) is 2.29. The molecular formula is C18H30O3. The zero-order valence-electron chi connectivity index (χ0n) is 14.1. The summed E-state index contributed by atoms with van der Waals surface area (Å²) in [6.45, 7) is 10.3. The van der Waals surface area contributed by atoms with Gasteiger partial charge >= 0.3 is 0 Å². The van der Waals surface area contributed by atoms with E-state index in [9.17, 15) is 0 Å². The summed E-state index contributed by atoms with van der Waals surface area (Å²) in [5.41, 5.74) is 0.741. The van der Waals surface area contributed by atoms with Gasteiger partial charge < -0.3 is 14.2 Å². The van der Waals surface area contributed by atoms with E-state index in [1.165, 1.54) is 25.7 Å². The van der Waals surface area contributed by atoms with Crippen molar-refractivity contribution in [2.45, 2.75) is 71.4 Å². The first-order chi connectivity index (χ1) is 9.84. The van der Waals surface area contributed by atoms with Crippen LogP contribution < -0.4 is 0 Å². The molecule has 1 spiro atoms. The highest BCUT2D eigenvalue weighted by molar-refractivity contribution is 5.21. The smallest absolute Gasteiger partial charge is 0.182 e. The van der Waals surface area contributed by atoms with Crippen LogP contribution in [0.25, 0.3) is 0 Å². The maximum Gasteiger partial charge on any atom is 0.182 e. The van der Waals surface area contributed by atoms with Crippen molar-refractivity contribution in [3.63, 3.8) is 0 Å². The molecule has 0 aromatic carbocycles. The van der Waals surface area contributed by atoms with Gasteiger partial charge in [-0.05, 0) is 61.2 Å². The molecule has 3 aliphatic carbocycles. The first-order valence-electron chi connectivity index (χ1n) is 8.67. The monoisotopic (exact) mass is 294 g/mol. The average molecular weight is 294 g/mol. The number of hydrogen-bond acceptors (Lipinski definition) is 3. The van der Waals surface area contributed by atoms with Crippen molar-refractivity contribution in [3.05, 3.63) is 0 Å². The Kier molecular flexibility index (Phi) is 2.92. The Labute approximate surface area is 128 Å². The van der Waals surface area contributed by atoms with E-state index in [1.54, 1.807) is 7.11 Å². The topological polar surface area (TPSA) is 27.7 Å². The standard InChI is InChI=1S/C18H30O3/c1-11-6-7-12-16(2,3)13-8-18(11,12)9-14-17(13,4)21-15(20-14)10-19-5/h11-15H,6-10H2,1-5H3/t11-,12+,13-,14+,15-,17-,18-/m1/s1. The molecule has 4 rings (SSSR count). The van der Waals surface area contributed by atoms with Gasteiger partial charge in [0.25, 0.3) is 0 Å². The Morgan fingerprint density at radius 2 is 1.86 bits per heavy atom. The summed E-state index contributed by atoms with van der Waals surface area (Å²) in [7, 11) is 1.72. The van der Waals surface area contributed by atoms with Crippen LogP contribution in [-0.2, 0) is 14.2 Å². The van der Waals surface area contributed by atoms with Crippen molar-refractivity contribution in [2.24, 2.45) is 28.6 Å². The van der Waals surface area contributed by atoms with Gasteiger partial charge in [-0.3, -0.25) is 0 Å². The van der Waals surface area contributed by atoms with Gasteiger partial charge in [0.15, 0.2) is 6.29 Å². The minimum Gasteiger partial charge on any atom is -0.379 e. The van der Waals surface area contributed by atoms with Crippen molar-refractivity contribution in [2.75, 3.05) is 13.7 Å². The van der Waals surface area contributed by atoms with Gasteiger partial charge in [-0.15, -0.1) is 0 Å². The lowest BCUT2D eigenvalue weighted by molar-refractivity contribution is -0.140. The van der Waals surface area contributed by atoms with E-state index in [1.807, 2.05) is 0 Å². The molecule has 0 N–H and O–H groups in total. The second kappa shape index (κ2) is 4.24. The van der Waals surface area contributed by atoms with Gasteiger partial charge in [0.1, 0.15) is 0 Å². The molecule has 4 fully saturated rings. The molecule has 2 bridgehead atoms. The Bertz CT molecular complexity index is 448. The molecule has 0 amide bonds. The lowest BCUT2D eigenvalue weighted by Crippen LogP contribution is -2.52. The molecule has 0 aromatic rings. The van der Waals surface area contributed by atoms with E-state index in [2.05, 4.69) is 27.7 Å². The zero-order chi connectivity index (χ0) is 15.0. The van der Waals surface area contributed by atoms with Gasteiger partial charge in [-0.25, -0.2) is 0 Å². The van der Waals surface area contributed by atoms with Crippen LogP contribution in [-0.4, -0.2) is 31.7 Å². The molecule has 120 valence electrons. The van der Waals surface area contributed by atoms with Crippen molar-refractivity contribution in [3.8, 4) is 0 Å². The van der Waals surface area contributed by atoms with Crippen molar-refractivity contribution < 1.29 is 14.2 Å². The van der Waals surface area contributed by atoms with Crippen LogP contribution in [0.15, 0.2) is 0 Å². The fraction of sp³-hybridized carbons (Fsp3) is 1.00. The van der Waals surface area contributed by atoms with Gasteiger partial charge in [0.2, 0.25) is 0 Å². The first-order valence-corrected chi connectivity index (χ1v) is 8.67. The number of rotatable bonds is 2. The van der Waals surface area contributed by atoms with Crippen molar-refractivity contribution >= 4 is 0 Å². The van der Waals surface area contributed by atoms with E-state index in [0.29, 0.717) is 23.4 Å². The SMILES string of the molecule is COC[C@@H]1O[C@H]2C[C@@]34C[C@H](C(C)(C)[C@@H]3CC[C@H]4C)[C@@]2(C)O1. The van der Waals surface area contributed by atoms with Crippen LogP contribution in [0, 0.1) is 28.6 Å². The molecule has 3 saturated carbocycles. The van der Waals surface area contributed by atoms with Crippen LogP contribution in [0.1, 0.15) is 53.4 Å². The Morgan fingerprint density at radius 3 is 2.57 bits per heavy atom. The lowest BCUT2D eigenvalue weighted by Gasteiger charge is -2.47. The molecule has 4 aliphatic rings. The highest BCUT2D eigenvalue weighted by atomic mass is 16.8. The maximum absolute atomic E-state index is 6.41. The normalized spacial score (nSPS) is 57.3. The number of methoxy groups -OCH3 is 1. The average Bonchev–Trinajstić information content (AvgIpc) is 2.95. The van der Waals surface area contributed by atoms with Crippen LogP contribution in [0.4, 0.5) is 0 Å². The molecule has 21 heavy (non-hydrogen) atoms. The minimum atomic E-state index is -0.174. The zero-order valence-corrected chi connectivity index (χ0v) is 14.1. The summed E-state index contributed by atoms with van der Waals surface area (Å²) in [6, 6.07) is 0. The van der Waals surface area contributed by atoms with Crippen LogP contribution >= 0.6 is 0 Å². The molecule has 0 aromatic heterocycles. The van der Waals surface area contributed by atoms with E-state index < -0.39 is 0 Å². The highest BCUT2D eigenvalue weighted by Crippen LogP contribution is 2.74. The predicted molar refractivity (Wildman–Crippen MR) is 80.9 cm³/mol. The summed E-state index contributed by atoms with van der Waals surface area (Å²) in [4.78, 5) is 0. The van der Waals surface area contributed by atoms with Crippen molar-refractivity contribution in [1.29, 1.82) is 0 Å². The molecular weight excluding hydrogens is 264 g/mol. The van der Waals surface area contributed by atoms with Crippen LogP contribution in [0.3, 0.4) is 0 Å². The Hall–Kier alpha value is -0.120. The van der Waals surface area contributed by atoms with Gasteiger partial charge in [0, 0.05) is 7.11 Å². The fourth-order valence-electron chi connectivity index (χ4n) is 6.86. The Morgan fingerprint density at radius 1 is 1.10 bits per heavy atom. The van der Waals surface area contributed by atoms with Crippen LogP contribution in [0.2, 0.25) is 0 Å². The maximum atomic E-state index is 6.41. The van der Waals surface area contributed by atoms with Crippen LogP contribution in [0.5, 0.6) is 0 Å². The third-order valence-electron chi connectivity index (χ3n) is 7.84. The van der Waals surface area contributed by atoms with Gasteiger partial charge in [-0.1, -0.05) is 20.8 Å². The van der Waals surface area contributed by atoms with E-state index in [-0.39, 0.29) is 18.0 Å². The molecule has 3 nitrogen and oxygen atoms in total. The predicted octanol–water partition coefficient (Wildman–Crippen LogP) is 3.62. The van der Waals surface area contributed by atoms with Gasteiger partial charge in [0.05, 0.1) is 18.3 Å². The Balaban J connectivity index is 1.72. The molecule has 3 heteroatoms. The number of fused-ring (bicyclic) bond motifs is 3. The third-order valence-corrected chi connectivity index (χ3v) is 7.84. The van der Waals surface area contributed by atoms with Gasteiger partial charge in [-0.2, -0.15) is 0 Å². The minimum absolute atomic E-state index is 0.123. The van der Waals surface area contributed by atoms with E-state index in [0.717, 1.165) is 11.8 Å². The highest BCUT2D eigenvalue weighted by Gasteiger charge is 2.73. The van der Waals surface area contributed by atoms with Crippen molar-refractivity contribution in [1.82, 2.24) is 0 Å². The second-order valence-electron chi connectivity index (χ2n) is 8.86. The summed E-state index contributed by atoms with van der Waals surface area (Å²) < 4.78 is 18.0. The quantitative estimate of drug-likeness (QED) is 0.778. The van der Waals surface area contributed by atoms with E-state index in [4.69, 9.17) is 14.2 Å². The molecule has 0 radical (unpaired) electrons. The summed E-state index contributed by atoms with van der Waals surface area (Å²) >= 11 is 0. The summed E-state index contributed by atoms with van der Waals surface area (Å²) in [6.07, 6.45) is 5.40. The lowest BCUT2D eigenvalue weighted by atomic mass is 9.63. The molecule has 1 heterocycles. The molecule has 7 atom stereocenters. The summed E-state index contributed by atoms with van der Waals surface area (Å²) in [5, 5.41) is 0. The molecule has 1 aliphatic heterocycles. The molecule has 1 saturated heterocycles. The fourth-order valence-corrected chi connectivity index (χ4v) is 6.86. The number of ether oxygens (including phenoxy) is 3. The van der Waals surface area contributed by atoms with E-state index >= 15 is 0 Å². The first kappa shape index (κ1) is 14.5. The number of hydrogen-bond donors (Lipinski definition) is 0. The molecule has 0 unspecified atom stereocenters. The second-order valence-corrected chi connectivity index (χ2v) is 8.86.